The third-order valence-corrected chi connectivity index (χ3v) is 3.23. The van der Waals surface area contributed by atoms with Crippen molar-refractivity contribution >= 4 is 5.78 Å². The van der Waals surface area contributed by atoms with E-state index in [-0.39, 0.29) is 18.9 Å². The van der Waals surface area contributed by atoms with Gasteiger partial charge in [0.25, 0.3) is 0 Å². The smallest absolute Gasteiger partial charge is 0.158 e. The number of rotatable bonds is 1. The van der Waals surface area contributed by atoms with Crippen LogP contribution in [0.25, 0.3) is 11.3 Å². The Morgan fingerprint density at radius 3 is 3.06 bits per heavy atom. The second kappa shape index (κ2) is 4.03. The molecule has 18 heavy (non-hydrogen) atoms. The Morgan fingerprint density at radius 2 is 2.28 bits per heavy atom. The first-order chi connectivity index (χ1) is 8.69. The molecule has 1 aromatic carbocycles. The molecule has 0 aliphatic carbocycles. The number of aliphatic hydroxyl groups is 1. The number of nitrogens with zero attached hydrogens (tertiary/aromatic N) is 3. The molecule has 92 valence electrons. The zero-order valence-electron chi connectivity index (χ0n) is 10.1. The maximum atomic E-state index is 11.8. The van der Waals surface area contributed by atoms with E-state index in [1.807, 2.05) is 25.1 Å². The highest BCUT2D eigenvalue weighted by atomic mass is 16.3. The van der Waals surface area contributed by atoms with Gasteiger partial charge in [0.1, 0.15) is 6.54 Å². The minimum Gasteiger partial charge on any atom is -0.392 e. The summed E-state index contributed by atoms with van der Waals surface area (Å²) in [5.74, 6) is 0.122. The standard InChI is InChI=1S/C13H13N3O2/c1-8-13-12-4-9(7-17)2-3-10(12)5-11(18)6-16(13)15-14-8/h2-4,17H,5-7H2,1H3. The third kappa shape index (κ3) is 1.64. The average Bonchev–Trinajstić information content (AvgIpc) is 2.64. The van der Waals surface area contributed by atoms with Crippen molar-refractivity contribution in [2.24, 2.45) is 0 Å². The molecule has 2 aromatic rings. The van der Waals surface area contributed by atoms with E-state index in [1.165, 1.54) is 0 Å². The molecule has 2 heterocycles. The van der Waals surface area contributed by atoms with E-state index < -0.39 is 0 Å². The van der Waals surface area contributed by atoms with Crippen LogP contribution in [0.5, 0.6) is 0 Å². The summed E-state index contributed by atoms with van der Waals surface area (Å²) in [6.07, 6.45) is 0.407. The number of carbonyl (C=O) groups is 1. The van der Waals surface area contributed by atoms with Crippen molar-refractivity contribution in [3.63, 3.8) is 0 Å². The SMILES string of the molecule is Cc1nnn2c1-c1cc(CO)ccc1CC(=O)C2. The maximum absolute atomic E-state index is 11.8. The van der Waals surface area contributed by atoms with Crippen molar-refractivity contribution in [2.75, 3.05) is 0 Å². The summed E-state index contributed by atoms with van der Waals surface area (Å²) in [5, 5.41) is 17.3. The lowest BCUT2D eigenvalue weighted by atomic mass is 9.98. The number of aryl methyl sites for hydroxylation is 1. The first-order valence-corrected chi connectivity index (χ1v) is 5.84. The molecule has 1 aliphatic rings. The number of carbonyl (C=O) groups excluding carboxylic acids is 1. The van der Waals surface area contributed by atoms with Crippen LogP contribution in [-0.4, -0.2) is 25.9 Å². The zero-order valence-corrected chi connectivity index (χ0v) is 10.1. The summed E-state index contributed by atoms with van der Waals surface area (Å²) in [4.78, 5) is 11.8. The summed E-state index contributed by atoms with van der Waals surface area (Å²) < 4.78 is 1.64. The fourth-order valence-electron chi connectivity index (χ4n) is 2.38. The van der Waals surface area contributed by atoms with Gasteiger partial charge in [0.2, 0.25) is 0 Å². The minimum atomic E-state index is -0.0121. The second-order valence-electron chi connectivity index (χ2n) is 4.55. The molecule has 0 amide bonds. The van der Waals surface area contributed by atoms with Crippen molar-refractivity contribution in [1.82, 2.24) is 15.0 Å². The molecule has 1 aromatic heterocycles. The van der Waals surface area contributed by atoms with Crippen molar-refractivity contribution in [1.29, 1.82) is 0 Å². The zero-order chi connectivity index (χ0) is 12.7. The molecule has 5 nitrogen and oxygen atoms in total. The van der Waals surface area contributed by atoms with Crippen LogP contribution in [0.15, 0.2) is 18.2 Å². The van der Waals surface area contributed by atoms with Crippen LogP contribution < -0.4 is 0 Å². The number of aliphatic hydroxyl groups excluding tert-OH is 1. The number of hydrogen-bond donors (Lipinski definition) is 1. The molecule has 0 radical (unpaired) electrons. The van der Waals surface area contributed by atoms with E-state index in [1.54, 1.807) is 4.68 Å². The van der Waals surface area contributed by atoms with Gasteiger partial charge in [-0.15, -0.1) is 5.10 Å². The summed E-state index contributed by atoms with van der Waals surface area (Å²) in [6, 6.07) is 5.66. The van der Waals surface area contributed by atoms with Gasteiger partial charge < -0.3 is 5.11 Å². The Hall–Kier alpha value is -2.01. The molecule has 0 fully saturated rings. The third-order valence-electron chi connectivity index (χ3n) is 3.23. The Labute approximate surface area is 104 Å². The minimum absolute atomic E-state index is 0.0121. The highest BCUT2D eigenvalue weighted by Crippen LogP contribution is 2.30. The van der Waals surface area contributed by atoms with Crippen LogP contribution in [0.4, 0.5) is 0 Å². The number of benzene rings is 1. The van der Waals surface area contributed by atoms with Gasteiger partial charge >= 0.3 is 0 Å². The lowest BCUT2D eigenvalue weighted by Gasteiger charge is -2.08. The van der Waals surface area contributed by atoms with Gasteiger partial charge in [-0.05, 0) is 24.1 Å². The molecule has 1 aliphatic heterocycles. The van der Waals surface area contributed by atoms with Crippen LogP contribution in [0.1, 0.15) is 16.8 Å². The summed E-state index contributed by atoms with van der Waals surface area (Å²) in [5.41, 5.74) is 4.44. The van der Waals surface area contributed by atoms with Gasteiger partial charge in [0.05, 0.1) is 18.0 Å². The summed E-state index contributed by atoms with van der Waals surface area (Å²) >= 11 is 0. The first-order valence-electron chi connectivity index (χ1n) is 5.84. The van der Waals surface area contributed by atoms with Crippen molar-refractivity contribution in [3.05, 3.63) is 35.0 Å². The quantitative estimate of drug-likeness (QED) is 0.807. The highest BCUT2D eigenvalue weighted by molar-refractivity contribution is 5.86. The normalized spacial score (nSPS) is 14.0. The molecule has 0 spiro atoms. The van der Waals surface area contributed by atoms with E-state index in [2.05, 4.69) is 10.3 Å². The molecule has 1 N–H and O–H groups in total. The molecule has 0 unspecified atom stereocenters. The molecule has 0 saturated heterocycles. The first kappa shape index (κ1) is 11.1. The fraction of sp³-hybridized carbons (Fsp3) is 0.308. The van der Waals surface area contributed by atoms with Gasteiger partial charge in [0.15, 0.2) is 5.78 Å². The lowest BCUT2D eigenvalue weighted by Crippen LogP contribution is -2.11. The Balaban J connectivity index is 2.28. The lowest BCUT2D eigenvalue weighted by molar-refractivity contribution is -0.119. The van der Waals surface area contributed by atoms with Gasteiger partial charge in [-0.3, -0.25) is 4.79 Å². The second-order valence-corrected chi connectivity index (χ2v) is 4.55. The van der Waals surface area contributed by atoms with Gasteiger partial charge in [-0.25, -0.2) is 4.68 Å². The van der Waals surface area contributed by atoms with E-state index in [0.717, 1.165) is 28.1 Å². The average molecular weight is 243 g/mol. The van der Waals surface area contributed by atoms with Crippen molar-refractivity contribution < 1.29 is 9.90 Å². The molecular weight excluding hydrogens is 230 g/mol. The predicted octanol–water partition coefficient (Wildman–Crippen LogP) is 0.871. The summed E-state index contributed by atoms with van der Waals surface area (Å²) in [7, 11) is 0. The maximum Gasteiger partial charge on any atom is 0.158 e. The molecule has 0 saturated carbocycles. The van der Waals surface area contributed by atoms with E-state index >= 15 is 0 Å². The van der Waals surface area contributed by atoms with Gasteiger partial charge in [-0.1, -0.05) is 17.3 Å². The van der Waals surface area contributed by atoms with Crippen LogP contribution in [0, 0.1) is 6.92 Å². The Morgan fingerprint density at radius 1 is 1.44 bits per heavy atom. The summed E-state index contributed by atoms with van der Waals surface area (Å²) in [6.45, 7) is 2.13. The topological polar surface area (TPSA) is 68.0 Å². The van der Waals surface area contributed by atoms with E-state index in [4.69, 9.17) is 0 Å². The monoisotopic (exact) mass is 243 g/mol. The fourth-order valence-corrected chi connectivity index (χ4v) is 2.38. The number of fused-ring (bicyclic) bond motifs is 3. The highest BCUT2D eigenvalue weighted by Gasteiger charge is 2.22. The van der Waals surface area contributed by atoms with Crippen LogP contribution >= 0.6 is 0 Å². The molecule has 5 heteroatoms. The predicted molar refractivity (Wildman–Crippen MR) is 64.8 cm³/mol. The van der Waals surface area contributed by atoms with Crippen LogP contribution in [0.2, 0.25) is 0 Å². The number of ketones is 1. The van der Waals surface area contributed by atoms with Crippen molar-refractivity contribution in [3.8, 4) is 11.3 Å². The molecule has 3 rings (SSSR count). The van der Waals surface area contributed by atoms with E-state index in [9.17, 15) is 9.90 Å². The molecular formula is C13H13N3O2. The molecule has 0 bridgehead atoms. The number of hydrogen-bond acceptors (Lipinski definition) is 4. The Kier molecular flexibility index (Phi) is 2.48. The van der Waals surface area contributed by atoms with Crippen molar-refractivity contribution in [2.45, 2.75) is 26.5 Å². The van der Waals surface area contributed by atoms with E-state index in [0.29, 0.717) is 6.42 Å². The number of Topliss-reactive ketones (excluding diaryl/α,β-unsaturated/α-hetero) is 1. The Bertz CT molecular complexity index is 631. The van der Waals surface area contributed by atoms with Gasteiger partial charge in [0, 0.05) is 12.0 Å². The van der Waals surface area contributed by atoms with Gasteiger partial charge in [-0.2, -0.15) is 0 Å². The number of aromatic nitrogens is 3. The van der Waals surface area contributed by atoms with Crippen LogP contribution in [-0.2, 0) is 24.4 Å². The largest absolute Gasteiger partial charge is 0.392 e. The molecule has 0 atom stereocenters. The van der Waals surface area contributed by atoms with Crippen LogP contribution in [0.3, 0.4) is 0 Å².